The first kappa shape index (κ1) is 15.4. The highest BCUT2D eigenvalue weighted by molar-refractivity contribution is 5.94. The molecule has 7 heteroatoms. The van der Waals surface area contributed by atoms with E-state index in [1.807, 2.05) is 31.2 Å². The van der Waals surface area contributed by atoms with Gasteiger partial charge >= 0.3 is 0 Å². The Morgan fingerprint density at radius 1 is 1.40 bits per heavy atom. The number of benzene rings is 1. The number of amides is 1. The molecule has 2 aromatic heterocycles. The van der Waals surface area contributed by atoms with Crippen molar-refractivity contribution in [3.05, 3.63) is 53.5 Å². The second kappa shape index (κ2) is 6.08. The van der Waals surface area contributed by atoms with Crippen LogP contribution in [0.3, 0.4) is 0 Å². The van der Waals surface area contributed by atoms with Crippen LogP contribution in [0.15, 0.2) is 41.2 Å². The van der Waals surface area contributed by atoms with Crippen LogP contribution in [0.1, 0.15) is 34.6 Å². The Kier molecular flexibility index (Phi) is 3.76. The molecule has 25 heavy (non-hydrogen) atoms. The lowest BCUT2D eigenvalue weighted by molar-refractivity contribution is 0.0930. The maximum absolute atomic E-state index is 12.3. The summed E-state index contributed by atoms with van der Waals surface area (Å²) in [7, 11) is 1.78. The van der Waals surface area contributed by atoms with Crippen molar-refractivity contribution in [3.8, 4) is 17.0 Å². The first-order valence-electron chi connectivity index (χ1n) is 8.16. The maximum atomic E-state index is 12.3. The predicted molar refractivity (Wildman–Crippen MR) is 90.2 cm³/mol. The van der Waals surface area contributed by atoms with Crippen molar-refractivity contribution < 1.29 is 14.1 Å². The number of carbonyl (C=O) groups is 1. The number of fused-ring (bicyclic) bond motifs is 1. The summed E-state index contributed by atoms with van der Waals surface area (Å²) < 4.78 is 12.6. The molecule has 1 aliphatic rings. The van der Waals surface area contributed by atoms with Gasteiger partial charge in [-0.2, -0.15) is 5.10 Å². The molecule has 1 aliphatic heterocycles. The maximum Gasteiger partial charge on any atom is 0.255 e. The van der Waals surface area contributed by atoms with Crippen LogP contribution in [-0.2, 0) is 13.5 Å². The fourth-order valence-electron chi connectivity index (χ4n) is 2.88. The molecule has 0 saturated carbocycles. The molecule has 3 aromatic rings. The van der Waals surface area contributed by atoms with E-state index in [0.29, 0.717) is 12.2 Å². The molecule has 1 aromatic carbocycles. The molecular formula is C18H18N4O3. The monoisotopic (exact) mass is 338 g/mol. The van der Waals surface area contributed by atoms with E-state index in [9.17, 15) is 4.79 Å². The first-order chi connectivity index (χ1) is 12.1. The molecule has 0 fully saturated rings. The minimum absolute atomic E-state index is 0.164. The van der Waals surface area contributed by atoms with E-state index in [4.69, 9.17) is 9.26 Å². The Hall–Kier alpha value is -3.09. The average Bonchev–Trinajstić information content (AvgIpc) is 3.34. The van der Waals surface area contributed by atoms with Gasteiger partial charge in [0.15, 0.2) is 0 Å². The van der Waals surface area contributed by atoms with Gasteiger partial charge in [0.25, 0.3) is 5.91 Å². The fourth-order valence-corrected chi connectivity index (χ4v) is 2.88. The van der Waals surface area contributed by atoms with Gasteiger partial charge in [-0.25, -0.2) is 0 Å². The predicted octanol–water partition coefficient (Wildman–Crippen LogP) is 2.50. The summed E-state index contributed by atoms with van der Waals surface area (Å²) in [4.78, 5) is 12.3. The van der Waals surface area contributed by atoms with Crippen LogP contribution in [0.5, 0.6) is 5.75 Å². The van der Waals surface area contributed by atoms with E-state index < -0.39 is 0 Å². The highest BCUT2D eigenvalue weighted by Gasteiger charge is 2.27. The zero-order valence-corrected chi connectivity index (χ0v) is 14.0. The number of nitrogens with zero attached hydrogens (tertiary/aromatic N) is 3. The number of hydrogen-bond donors (Lipinski definition) is 1. The normalized spacial score (nSPS) is 15.7. The van der Waals surface area contributed by atoms with E-state index in [0.717, 1.165) is 34.8 Å². The lowest BCUT2D eigenvalue weighted by Crippen LogP contribution is -2.29. The third-order valence-electron chi connectivity index (χ3n) is 4.27. The van der Waals surface area contributed by atoms with Crippen LogP contribution >= 0.6 is 0 Å². The second-order valence-electron chi connectivity index (χ2n) is 6.02. The van der Waals surface area contributed by atoms with Gasteiger partial charge in [0.2, 0.25) is 0 Å². The minimum Gasteiger partial charge on any atom is -0.491 e. The lowest BCUT2D eigenvalue weighted by atomic mass is 10.0. The van der Waals surface area contributed by atoms with E-state index in [-0.39, 0.29) is 11.9 Å². The smallest absolute Gasteiger partial charge is 0.255 e. The molecule has 3 heterocycles. The van der Waals surface area contributed by atoms with Crippen molar-refractivity contribution >= 4 is 5.91 Å². The van der Waals surface area contributed by atoms with Gasteiger partial charge in [0.1, 0.15) is 23.8 Å². The van der Waals surface area contributed by atoms with Crippen LogP contribution in [0, 0.1) is 0 Å². The summed E-state index contributed by atoms with van der Waals surface area (Å²) >= 11 is 0. The largest absolute Gasteiger partial charge is 0.491 e. The second-order valence-corrected chi connectivity index (χ2v) is 6.02. The molecule has 0 spiro atoms. The SMILES string of the molecule is CCc1cc(-c2ccc3c(c2)OCC3NC(=O)c2cnn(C)c2)no1. The van der Waals surface area contributed by atoms with Gasteiger partial charge < -0.3 is 14.6 Å². The zero-order valence-electron chi connectivity index (χ0n) is 14.0. The van der Waals surface area contributed by atoms with E-state index >= 15 is 0 Å². The summed E-state index contributed by atoms with van der Waals surface area (Å²) in [6.45, 7) is 2.43. The quantitative estimate of drug-likeness (QED) is 0.790. The van der Waals surface area contributed by atoms with Gasteiger partial charge in [0.05, 0.1) is 17.8 Å². The molecule has 1 atom stereocenters. The number of aryl methyl sites for hydroxylation is 2. The van der Waals surface area contributed by atoms with Crippen LogP contribution < -0.4 is 10.1 Å². The van der Waals surface area contributed by atoms with E-state index in [1.54, 1.807) is 24.1 Å². The minimum atomic E-state index is -0.180. The number of carbonyl (C=O) groups excluding carboxylic acids is 1. The molecule has 1 N–H and O–H groups in total. The van der Waals surface area contributed by atoms with Crippen molar-refractivity contribution in [2.24, 2.45) is 7.05 Å². The molecule has 0 bridgehead atoms. The van der Waals surface area contributed by atoms with Crippen LogP contribution in [-0.4, -0.2) is 27.5 Å². The van der Waals surface area contributed by atoms with Crippen molar-refractivity contribution in [3.63, 3.8) is 0 Å². The average molecular weight is 338 g/mol. The molecule has 0 radical (unpaired) electrons. The van der Waals surface area contributed by atoms with Crippen LogP contribution in [0.2, 0.25) is 0 Å². The van der Waals surface area contributed by atoms with Crippen molar-refractivity contribution in [1.29, 1.82) is 0 Å². The Labute approximate surface area is 144 Å². The van der Waals surface area contributed by atoms with Gasteiger partial charge in [-0.1, -0.05) is 24.2 Å². The van der Waals surface area contributed by atoms with Crippen molar-refractivity contribution in [1.82, 2.24) is 20.3 Å². The Balaban J connectivity index is 1.54. The molecule has 128 valence electrons. The van der Waals surface area contributed by atoms with Crippen molar-refractivity contribution in [2.45, 2.75) is 19.4 Å². The molecule has 0 aliphatic carbocycles. The number of hydrogen-bond acceptors (Lipinski definition) is 5. The summed E-state index contributed by atoms with van der Waals surface area (Å²) in [5.74, 6) is 1.44. The summed E-state index contributed by atoms with van der Waals surface area (Å²) in [5, 5.41) is 11.1. The third kappa shape index (κ3) is 2.88. The number of ether oxygens (including phenoxy) is 1. The summed E-state index contributed by atoms with van der Waals surface area (Å²) in [6, 6.07) is 7.61. The number of rotatable bonds is 4. The first-order valence-corrected chi connectivity index (χ1v) is 8.16. The van der Waals surface area contributed by atoms with Crippen molar-refractivity contribution in [2.75, 3.05) is 6.61 Å². The van der Waals surface area contributed by atoms with Crippen LogP contribution in [0.4, 0.5) is 0 Å². The molecule has 1 amide bonds. The lowest BCUT2D eigenvalue weighted by Gasteiger charge is -2.10. The van der Waals surface area contributed by atoms with E-state index in [1.165, 1.54) is 0 Å². The Morgan fingerprint density at radius 3 is 3.00 bits per heavy atom. The molecule has 1 unspecified atom stereocenters. The molecule has 7 nitrogen and oxygen atoms in total. The van der Waals surface area contributed by atoms with Crippen LogP contribution in [0.25, 0.3) is 11.3 Å². The van der Waals surface area contributed by atoms with Gasteiger partial charge in [-0.3, -0.25) is 9.48 Å². The number of nitrogens with one attached hydrogen (secondary N) is 1. The zero-order chi connectivity index (χ0) is 17.4. The van der Waals surface area contributed by atoms with Gasteiger partial charge in [-0.15, -0.1) is 0 Å². The van der Waals surface area contributed by atoms with Gasteiger partial charge in [0, 0.05) is 36.9 Å². The molecule has 0 saturated heterocycles. The summed E-state index contributed by atoms with van der Waals surface area (Å²) in [5.41, 5.74) is 3.20. The van der Waals surface area contributed by atoms with E-state index in [2.05, 4.69) is 15.6 Å². The molecular weight excluding hydrogens is 320 g/mol. The highest BCUT2D eigenvalue weighted by Crippen LogP contribution is 2.36. The number of aromatic nitrogens is 3. The summed E-state index contributed by atoms with van der Waals surface area (Å²) in [6.07, 6.45) is 4.03. The fraction of sp³-hybridized carbons (Fsp3) is 0.278. The Bertz CT molecular complexity index is 928. The van der Waals surface area contributed by atoms with Gasteiger partial charge in [-0.05, 0) is 6.07 Å². The topological polar surface area (TPSA) is 82.2 Å². The highest BCUT2D eigenvalue weighted by atomic mass is 16.5. The molecule has 4 rings (SSSR count). The standard InChI is InChI=1S/C18H18N4O3/c1-3-13-7-15(21-25-13)11-4-5-14-16(10-24-17(14)6-11)20-18(23)12-8-19-22(2)9-12/h4-9,16H,3,10H2,1-2H3,(H,20,23). The Morgan fingerprint density at radius 2 is 2.28 bits per heavy atom. The third-order valence-corrected chi connectivity index (χ3v) is 4.27.